The number of nitrogens with one attached hydrogen (secondary N) is 1. The molecule has 4 N–H and O–H groups in total. The fourth-order valence-electron chi connectivity index (χ4n) is 6.09. The summed E-state index contributed by atoms with van der Waals surface area (Å²) in [5.41, 5.74) is 4.46. The third-order valence-electron chi connectivity index (χ3n) is 8.76. The van der Waals surface area contributed by atoms with Gasteiger partial charge in [-0.2, -0.15) is 16.8 Å². The van der Waals surface area contributed by atoms with Crippen molar-refractivity contribution in [1.82, 2.24) is 4.90 Å². The highest BCUT2D eigenvalue weighted by molar-refractivity contribution is 7.86. The van der Waals surface area contributed by atoms with Gasteiger partial charge in [-0.25, -0.2) is 0 Å². The Balaban J connectivity index is 1.44. The van der Waals surface area contributed by atoms with E-state index in [4.69, 9.17) is 9.52 Å². The number of hydrogen-bond acceptors (Lipinski definition) is 9. The van der Waals surface area contributed by atoms with E-state index >= 15 is 0 Å². The molecular formula is C39H35N3O10S2. The molecule has 4 aromatic rings. The van der Waals surface area contributed by atoms with Crippen LogP contribution < -0.4 is 10.7 Å². The first kappa shape index (κ1) is 37.9. The summed E-state index contributed by atoms with van der Waals surface area (Å²) in [6.07, 6.45) is 0.215. The van der Waals surface area contributed by atoms with E-state index < -0.39 is 26.2 Å². The van der Waals surface area contributed by atoms with Gasteiger partial charge in [0.2, 0.25) is 0 Å². The SMILES string of the molecule is CN(CCCC(=O)O)C(=O)c1ccccc1-c1c2ccc(=NCc3ccc(S(=O)(=O)O)cc3)cc-2oc2cc(NCc3ccccc3S(=O)(=O)O)ccc12. The summed E-state index contributed by atoms with van der Waals surface area (Å²) in [4.78, 5) is 30.6. The molecule has 1 amide bonds. The lowest BCUT2D eigenvalue weighted by Gasteiger charge is -2.21. The van der Waals surface area contributed by atoms with Crippen molar-refractivity contribution >= 4 is 48.8 Å². The number of carbonyl (C=O) groups is 2. The summed E-state index contributed by atoms with van der Waals surface area (Å²) in [7, 11) is -7.16. The van der Waals surface area contributed by atoms with Crippen LogP contribution in [-0.4, -0.2) is 61.4 Å². The van der Waals surface area contributed by atoms with Crippen LogP contribution in [0.15, 0.2) is 128 Å². The van der Waals surface area contributed by atoms with Gasteiger partial charge in [0.15, 0.2) is 0 Å². The lowest BCUT2D eigenvalue weighted by Crippen LogP contribution is -2.28. The molecule has 1 aliphatic carbocycles. The van der Waals surface area contributed by atoms with E-state index in [9.17, 15) is 35.5 Å². The fraction of sp³-hybridized carbons (Fsp3) is 0.154. The highest BCUT2D eigenvalue weighted by Gasteiger charge is 2.23. The summed E-state index contributed by atoms with van der Waals surface area (Å²) in [5.74, 6) is -0.799. The van der Waals surface area contributed by atoms with Crippen molar-refractivity contribution in [2.45, 2.75) is 35.7 Å². The maximum Gasteiger partial charge on any atom is 0.303 e. The number of hydrogen-bond donors (Lipinski definition) is 4. The van der Waals surface area contributed by atoms with Gasteiger partial charge < -0.3 is 19.7 Å². The van der Waals surface area contributed by atoms with Crippen molar-refractivity contribution in [3.05, 3.63) is 131 Å². The zero-order chi connectivity index (χ0) is 38.6. The number of benzene rings is 5. The van der Waals surface area contributed by atoms with Crippen LogP contribution in [0.5, 0.6) is 0 Å². The zero-order valence-corrected chi connectivity index (χ0v) is 30.5. The van der Waals surface area contributed by atoms with Gasteiger partial charge in [-0.3, -0.25) is 23.7 Å². The minimum Gasteiger partial charge on any atom is -0.481 e. The first-order chi connectivity index (χ1) is 25.7. The number of nitrogens with zero attached hydrogens (tertiary/aromatic N) is 2. The second-order valence-electron chi connectivity index (χ2n) is 12.5. The largest absolute Gasteiger partial charge is 0.481 e. The molecule has 278 valence electrons. The van der Waals surface area contributed by atoms with E-state index in [1.165, 1.54) is 29.2 Å². The van der Waals surface area contributed by atoms with Crippen LogP contribution in [0.2, 0.25) is 0 Å². The van der Waals surface area contributed by atoms with Gasteiger partial charge in [0, 0.05) is 66.5 Å². The highest BCUT2D eigenvalue weighted by atomic mass is 32.2. The van der Waals surface area contributed by atoms with Crippen LogP contribution >= 0.6 is 0 Å². The first-order valence-corrected chi connectivity index (χ1v) is 19.5. The van der Waals surface area contributed by atoms with E-state index in [2.05, 4.69) is 10.3 Å². The third kappa shape index (κ3) is 8.66. The van der Waals surface area contributed by atoms with Gasteiger partial charge in [0.25, 0.3) is 26.1 Å². The van der Waals surface area contributed by atoms with Gasteiger partial charge in [0.05, 0.1) is 21.7 Å². The van der Waals surface area contributed by atoms with Gasteiger partial charge in [0.1, 0.15) is 11.3 Å². The molecule has 0 atom stereocenters. The van der Waals surface area contributed by atoms with Crippen molar-refractivity contribution in [3.8, 4) is 22.5 Å². The van der Waals surface area contributed by atoms with E-state index in [1.54, 1.807) is 67.7 Å². The number of amides is 1. The molecule has 1 aliphatic heterocycles. The Morgan fingerprint density at radius 3 is 2.26 bits per heavy atom. The Hall–Kier alpha value is -5.87. The van der Waals surface area contributed by atoms with Crippen molar-refractivity contribution in [3.63, 3.8) is 0 Å². The highest BCUT2D eigenvalue weighted by Crippen LogP contribution is 2.42. The maximum absolute atomic E-state index is 13.8. The molecule has 0 saturated heterocycles. The lowest BCUT2D eigenvalue weighted by molar-refractivity contribution is -0.137. The van der Waals surface area contributed by atoms with Gasteiger partial charge in [-0.15, -0.1) is 0 Å². The second kappa shape index (κ2) is 15.6. The Kier molecular flexibility index (Phi) is 11.0. The fourth-order valence-corrected chi connectivity index (χ4v) is 7.29. The average Bonchev–Trinajstić information content (AvgIpc) is 3.14. The molecule has 0 saturated carbocycles. The van der Waals surface area contributed by atoms with Crippen LogP contribution in [0.25, 0.3) is 33.4 Å². The van der Waals surface area contributed by atoms with E-state index in [-0.39, 0.29) is 48.2 Å². The minimum atomic E-state index is -4.45. The normalized spacial score (nSPS) is 12.2. The molecule has 15 heteroatoms. The van der Waals surface area contributed by atoms with E-state index in [0.29, 0.717) is 61.2 Å². The molecule has 0 bridgehead atoms. The average molecular weight is 770 g/mol. The third-order valence-corrected chi connectivity index (χ3v) is 10.6. The standard InChI is InChI=1S/C39H35N3O10S2/c1-42(20-6-11-37(43)44)39(45)31-9-4-3-8-30(31)38-32-18-14-27(40-23-25-12-16-29(17-13-25)53(46,47)48)21-34(32)52-35-22-28(15-19-33(35)38)41-24-26-7-2-5-10-36(26)54(49,50)51/h2-5,7-10,12-19,21-22,41H,6,11,20,23-24H2,1H3,(H,43,44)(H,46,47,48)(H,49,50,51). The Morgan fingerprint density at radius 2 is 1.54 bits per heavy atom. The van der Waals surface area contributed by atoms with Gasteiger partial charge >= 0.3 is 5.97 Å². The topological polar surface area (TPSA) is 204 Å². The lowest BCUT2D eigenvalue weighted by atomic mass is 9.90. The number of carbonyl (C=O) groups excluding carboxylic acids is 1. The summed E-state index contributed by atoms with van der Waals surface area (Å²) >= 11 is 0. The minimum absolute atomic E-state index is 0.0711. The molecule has 0 spiro atoms. The molecule has 1 heterocycles. The molecule has 54 heavy (non-hydrogen) atoms. The Labute approximate surface area is 311 Å². The summed E-state index contributed by atoms with van der Waals surface area (Å²) in [6, 6.07) is 29.7. The van der Waals surface area contributed by atoms with Crippen LogP contribution in [0.1, 0.15) is 34.3 Å². The molecule has 0 radical (unpaired) electrons. The van der Waals surface area contributed by atoms with Crippen molar-refractivity contribution < 1.29 is 45.1 Å². The number of fused-ring (bicyclic) bond motifs is 2. The molecule has 0 unspecified atom stereocenters. The number of aliphatic carboxylic acids is 1. The number of rotatable bonds is 13. The molecule has 4 aromatic carbocycles. The molecule has 13 nitrogen and oxygen atoms in total. The summed E-state index contributed by atoms with van der Waals surface area (Å²) < 4.78 is 72.3. The predicted molar refractivity (Wildman–Crippen MR) is 201 cm³/mol. The molecule has 6 rings (SSSR count). The second-order valence-corrected chi connectivity index (χ2v) is 15.3. The molecule has 2 aliphatic rings. The van der Waals surface area contributed by atoms with Gasteiger partial charge in [-0.05, 0) is 71.6 Å². The number of carboxylic acids is 1. The number of anilines is 1. The van der Waals surface area contributed by atoms with Crippen molar-refractivity contribution in [1.29, 1.82) is 0 Å². The van der Waals surface area contributed by atoms with Crippen LogP contribution in [0.4, 0.5) is 5.69 Å². The summed E-state index contributed by atoms with van der Waals surface area (Å²) in [6.45, 7) is 0.508. The maximum atomic E-state index is 13.8. The van der Waals surface area contributed by atoms with E-state index in [0.717, 1.165) is 0 Å². The first-order valence-electron chi connectivity index (χ1n) is 16.6. The Bertz CT molecular complexity index is 2640. The smallest absolute Gasteiger partial charge is 0.303 e. The molecule has 0 fully saturated rings. The molecular weight excluding hydrogens is 735 g/mol. The van der Waals surface area contributed by atoms with Crippen molar-refractivity contribution in [2.24, 2.45) is 4.99 Å². The quantitative estimate of drug-likeness (QED) is 0.0753. The summed E-state index contributed by atoms with van der Waals surface area (Å²) in [5, 5.41) is 13.5. The van der Waals surface area contributed by atoms with Gasteiger partial charge in [-0.1, -0.05) is 48.5 Å². The van der Waals surface area contributed by atoms with Crippen LogP contribution in [-0.2, 0) is 38.1 Å². The molecule has 0 aromatic heterocycles. The Morgan fingerprint density at radius 1 is 0.815 bits per heavy atom. The monoisotopic (exact) mass is 769 g/mol. The van der Waals surface area contributed by atoms with Crippen molar-refractivity contribution in [2.75, 3.05) is 18.9 Å². The predicted octanol–water partition coefficient (Wildman–Crippen LogP) is 6.35. The van der Waals surface area contributed by atoms with Crippen LogP contribution in [0.3, 0.4) is 0 Å². The van der Waals surface area contributed by atoms with Crippen LogP contribution in [0, 0.1) is 0 Å². The zero-order valence-electron chi connectivity index (χ0n) is 28.8. The number of carboxylic acid groups (broad SMARTS) is 1. The van der Waals surface area contributed by atoms with E-state index in [1.807, 2.05) is 24.3 Å².